The lowest BCUT2D eigenvalue weighted by Crippen LogP contribution is -3.12. The standard InChI is InChI=1S/C29H38N2O4/c1-8-30(9-2)16-17-31-25(20-10-12-21(13-11-20)29(4,5)6)24(27(33)28(31)34)26(32)23-15-14-22(35-7)18-19(23)3/h10-15,18,25,32H,8-9,16-17H2,1-7H3/b26-24+. The van der Waals surface area contributed by atoms with Gasteiger partial charge in [0.15, 0.2) is 0 Å². The number of likely N-dealkylation sites (tertiary alicyclic amines) is 1. The molecule has 0 bridgehead atoms. The van der Waals surface area contributed by atoms with Gasteiger partial charge in [0.25, 0.3) is 5.91 Å². The average molecular weight is 479 g/mol. The number of carbonyl (C=O) groups excluding carboxylic acids is 2. The fourth-order valence-electron chi connectivity index (χ4n) is 4.66. The Balaban J connectivity index is 2.14. The molecule has 1 fully saturated rings. The maximum absolute atomic E-state index is 13.7. The predicted molar refractivity (Wildman–Crippen MR) is 136 cm³/mol. The molecule has 1 saturated heterocycles. The van der Waals surface area contributed by atoms with Crippen molar-refractivity contribution in [2.45, 2.75) is 53.0 Å². The number of Topliss-reactive ketones (excluding diaryl/α,β-unsaturated/α-hetero) is 1. The van der Waals surface area contributed by atoms with Crippen molar-refractivity contribution in [3.8, 4) is 5.75 Å². The third-order valence-electron chi connectivity index (χ3n) is 7.01. The van der Waals surface area contributed by atoms with Crippen LogP contribution in [0.3, 0.4) is 0 Å². The van der Waals surface area contributed by atoms with Gasteiger partial charge in [-0.25, -0.2) is 0 Å². The maximum atomic E-state index is 13.7. The number of rotatable bonds is 8. The van der Waals surface area contributed by atoms with Crippen molar-refractivity contribution < 1.29 is 24.3 Å². The highest BCUT2D eigenvalue weighted by atomic mass is 16.5. The summed E-state index contributed by atoms with van der Waals surface area (Å²) in [6, 6.07) is 12.4. The van der Waals surface area contributed by atoms with Crippen LogP contribution in [-0.4, -0.2) is 49.9 Å². The molecule has 35 heavy (non-hydrogen) atoms. The van der Waals surface area contributed by atoms with Crippen LogP contribution in [0.5, 0.6) is 5.75 Å². The van der Waals surface area contributed by atoms with E-state index in [4.69, 9.17) is 4.74 Å². The molecule has 1 unspecified atom stereocenters. The van der Waals surface area contributed by atoms with E-state index in [0.29, 0.717) is 30.0 Å². The summed E-state index contributed by atoms with van der Waals surface area (Å²) in [5, 5.41) is 13.7. The summed E-state index contributed by atoms with van der Waals surface area (Å²) in [6.45, 7) is 15.4. The summed E-state index contributed by atoms with van der Waals surface area (Å²) in [7, 11) is 1.57. The zero-order valence-corrected chi connectivity index (χ0v) is 22.0. The van der Waals surface area contributed by atoms with E-state index in [2.05, 4.69) is 34.6 Å². The first-order valence-corrected chi connectivity index (χ1v) is 12.4. The second kappa shape index (κ2) is 10.6. The second-order valence-corrected chi connectivity index (χ2v) is 10.2. The molecule has 0 spiro atoms. The van der Waals surface area contributed by atoms with Gasteiger partial charge >= 0.3 is 0 Å². The van der Waals surface area contributed by atoms with Gasteiger partial charge in [-0.3, -0.25) is 9.59 Å². The summed E-state index contributed by atoms with van der Waals surface area (Å²) in [5.41, 5.74) is 3.04. The molecule has 6 heteroatoms. The first-order valence-electron chi connectivity index (χ1n) is 12.4. The van der Waals surface area contributed by atoms with E-state index in [1.54, 1.807) is 30.2 Å². The van der Waals surface area contributed by atoms with Gasteiger partial charge in [0.05, 0.1) is 39.3 Å². The highest BCUT2D eigenvalue weighted by molar-refractivity contribution is 6.46. The fourth-order valence-corrected chi connectivity index (χ4v) is 4.66. The maximum Gasteiger partial charge on any atom is 0.295 e. The number of likely N-dealkylation sites (N-methyl/N-ethyl adjacent to an activating group) is 1. The molecule has 0 radical (unpaired) electrons. The van der Waals surface area contributed by atoms with Gasteiger partial charge in [0, 0.05) is 5.57 Å². The molecule has 1 N–H and O–H groups in total. The summed E-state index contributed by atoms with van der Waals surface area (Å²) < 4.78 is 5.27. The molecule has 2 aromatic carbocycles. The number of amides is 1. The van der Waals surface area contributed by atoms with E-state index < -0.39 is 23.5 Å². The monoisotopic (exact) mass is 478 g/mol. The Morgan fingerprint density at radius 1 is 1.06 bits per heavy atom. The average Bonchev–Trinajstić information content (AvgIpc) is 3.08. The van der Waals surface area contributed by atoms with Crippen molar-refractivity contribution in [1.29, 1.82) is 0 Å². The Kier molecular flexibility index (Phi) is 8.06. The van der Waals surface area contributed by atoms with Crippen molar-refractivity contribution >= 4 is 17.4 Å². The van der Waals surface area contributed by atoms with Gasteiger partial charge in [-0.2, -0.15) is 0 Å². The van der Waals surface area contributed by atoms with Crippen molar-refractivity contribution in [3.63, 3.8) is 0 Å². The van der Waals surface area contributed by atoms with Crippen molar-refractivity contribution in [1.82, 2.24) is 4.90 Å². The first kappa shape index (κ1) is 26.5. The molecule has 1 aliphatic rings. The van der Waals surface area contributed by atoms with E-state index in [1.165, 1.54) is 4.90 Å². The molecule has 1 heterocycles. The van der Waals surface area contributed by atoms with Gasteiger partial charge in [-0.05, 0) is 60.6 Å². The molecule has 0 saturated carbocycles. The topological polar surface area (TPSA) is 74.1 Å². The van der Waals surface area contributed by atoms with Crippen LogP contribution >= 0.6 is 0 Å². The summed E-state index contributed by atoms with van der Waals surface area (Å²) in [6.07, 6.45) is 0. The normalized spacial score (nSPS) is 17.9. The molecule has 6 nitrogen and oxygen atoms in total. The molecule has 0 aliphatic carbocycles. The Morgan fingerprint density at radius 2 is 1.69 bits per heavy atom. The lowest BCUT2D eigenvalue weighted by Gasteiger charge is -2.29. The summed E-state index contributed by atoms with van der Waals surface area (Å²) in [4.78, 5) is 29.4. The molecule has 1 amide bonds. The lowest BCUT2D eigenvalue weighted by atomic mass is 9.85. The van der Waals surface area contributed by atoms with Crippen molar-refractivity contribution in [3.05, 3.63) is 70.3 Å². The van der Waals surface area contributed by atoms with Crippen LogP contribution in [0.25, 0.3) is 5.76 Å². The van der Waals surface area contributed by atoms with E-state index in [9.17, 15) is 14.7 Å². The van der Waals surface area contributed by atoms with Crippen LogP contribution in [0.15, 0.2) is 48.0 Å². The van der Waals surface area contributed by atoms with Crippen LogP contribution in [0, 0.1) is 6.92 Å². The number of methoxy groups -OCH3 is 1. The van der Waals surface area contributed by atoms with Crippen LogP contribution in [0.4, 0.5) is 0 Å². The Hall–Kier alpha value is -3.12. The molecule has 2 aromatic rings. The van der Waals surface area contributed by atoms with Gasteiger partial charge in [-0.1, -0.05) is 56.9 Å². The molecular weight excluding hydrogens is 440 g/mol. The first-order chi connectivity index (χ1) is 16.5. The van der Waals surface area contributed by atoms with Gasteiger partial charge in [0.2, 0.25) is 5.78 Å². The number of ether oxygens (including phenoxy) is 1. The molecule has 188 valence electrons. The van der Waals surface area contributed by atoms with E-state index in [0.717, 1.165) is 24.2 Å². The molecule has 1 aliphatic heterocycles. The number of nitrogens with zero attached hydrogens (tertiary/aromatic N) is 1. The lowest BCUT2D eigenvalue weighted by molar-refractivity contribution is -0.895. The van der Waals surface area contributed by atoms with Gasteiger partial charge < -0.3 is 19.6 Å². The molecular formula is C29H38N2O4. The summed E-state index contributed by atoms with van der Waals surface area (Å²) in [5.74, 6) is -1.07. The van der Waals surface area contributed by atoms with Crippen LogP contribution in [-0.2, 0) is 15.0 Å². The number of hydrogen-bond acceptors (Lipinski definition) is 4. The third-order valence-corrected chi connectivity index (χ3v) is 7.01. The number of carbonyl (C=O) groups is 2. The largest absolute Gasteiger partial charge is 0.872 e. The van der Waals surface area contributed by atoms with Crippen LogP contribution < -0.4 is 14.7 Å². The minimum atomic E-state index is -0.704. The minimum Gasteiger partial charge on any atom is -0.872 e. The SMILES string of the molecule is CC[NH+](CC)CCN1C(=O)C(=O)/C(=C(/[O-])c2ccc(OC)cc2C)C1c1ccc(C(C)(C)C)cc1. The number of hydrogen-bond donors (Lipinski definition) is 1. The zero-order chi connectivity index (χ0) is 25.9. The summed E-state index contributed by atoms with van der Waals surface area (Å²) >= 11 is 0. The highest BCUT2D eigenvalue weighted by Gasteiger charge is 2.44. The van der Waals surface area contributed by atoms with E-state index >= 15 is 0 Å². The van der Waals surface area contributed by atoms with Gasteiger partial charge in [0.1, 0.15) is 5.75 Å². The Morgan fingerprint density at radius 3 is 2.20 bits per heavy atom. The predicted octanol–water partition coefficient (Wildman–Crippen LogP) is 2.45. The fraction of sp³-hybridized carbons (Fsp3) is 0.448. The molecule has 0 aromatic heterocycles. The quantitative estimate of drug-likeness (QED) is 0.359. The van der Waals surface area contributed by atoms with Crippen LogP contribution in [0.1, 0.15) is 62.9 Å². The van der Waals surface area contributed by atoms with Gasteiger partial charge in [-0.15, -0.1) is 0 Å². The highest BCUT2D eigenvalue weighted by Crippen LogP contribution is 2.39. The Labute approximate surface area is 209 Å². The van der Waals surface area contributed by atoms with E-state index in [-0.39, 0.29) is 11.0 Å². The smallest absolute Gasteiger partial charge is 0.295 e. The number of nitrogens with one attached hydrogen (secondary N) is 1. The molecule has 1 atom stereocenters. The number of quaternary nitrogens is 1. The number of benzene rings is 2. The van der Waals surface area contributed by atoms with Crippen molar-refractivity contribution in [2.75, 3.05) is 33.3 Å². The molecule has 3 rings (SSSR count). The van der Waals surface area contributed by atoms with E-state index in [1.807, 2.05) is 31.2 Å². The Bertz CT molecular complexity index is 1110. The second-order valence-electron chi connectivity index (χ2n) is 10.2. The number of ketones is 1. The minimum absolute atomic E-state index is 0.0290. The zero-order valence-electron chi connectivity index (χ0n) is 22.0. The van der Waals surface area contributed by atoms with Crippen molar-refractivity contribution in [2.24, 2.45) is 0 Å². The third kappa shape index (κ3) is 5.43. The van der Waals surface area contributed by atoms with Crippen LogP contribution in [0.2, 0.25) is 0 Å². The number of aryl methyl sites for hydroxylation is 1.